The first-order valence-corrected chi connectivity index (χ1v) is 8.39. The van der Waals surface area contributed by atoms with E-state index in [2.05, 4.69) is 0 Å². The van der Waals surface area contributed by atoms with Gasteiger partial charge in [0.25, 0.3) is 5.91 Å². The lowest BCUT2D eigenvalue weighted by molar-refractivity contribution is -0.147. The molecule has 2 aromatic carbocycles. The number of benzene rings is 2. The Morgan fingerprint density at radius 3 is 2.41 bits per heavy atom. The lowest BCUT2D eigenvalue weighted by atomic mass is 10.1. The van der Waals surface area contributed by atoms with Crippen LogP contribution in [-0.4, -0.2) is 44.7 Å². The van der Waals surface area contributed by atoms with Gasteiger partial charge in [-0.1, -0.05) is 42.5 Å². The normalized spacial score (nSPS) is 10.5. The number of hydrogen-bond acceptors (Lipinski definition) is 5. The molecule has 0 aromatic heterocycles. The molecular weight excluding hydrogens is 346 g/mol. The highest BCUT2D eigenvalue weighted by molar-refractivity contribution is 5.89. The van der Waals surface area contributed by atoms with Crippen molar-refractivity contribution in [1.29, 1.82) is 0 Å². The number of hydrogen-bond donors (Lipinski definition) is 0. The van der Waals surface area contributed by atoms with Gasteiger partial charge in [-0.25, -0.2) is 4.79 Å². The largest absolute Gasteiger partial charge is 0.493 e. The monoisotopic (exact) mass is 369 g/mol. The van der Waals surface area contributed by atoms with Crippen LogP contribution >= 0.6 is 0 Å². The number of carbonyl (C=O) groups excluding carboxylic acids is 2. The average Bonchev–Trinajstić information content (AvgIpc) is 2.70. The minimum Gasteiger partial charge on any atom is -0.493 e. The maximum Gasteiger partial charge on any atom is 0.331 e. The Morgan fingerprint density at radius 1 is 1.00 bits per heavy atom. The Labute approximate surface area is 159 Å². The molecule has 27 heavy (non-hydrogen) atoms. The van der Waals surface area contributed by atoms with E-state index in [0.29, 0.717) is 23.6 Å². The van der Waals surface area contributed by atoms with Crippen LogP contribution in [0.4, 0.5) is 0 Å². The summed E-state index contributed by atoms with van der Waals surface area (Å²) < 4.78 is 15.5. The second kappa shape index (κ2) is 10.0. The minimum atomic E-state index is -0.610. The summed E-state index contributed by atoms with van der Waals surface area (Å²) >= 11 is 0. The Bertz CT molecular complexity index is 801. The van der Waals surface area contributed by atoms with E-state index in [-0.39, 0.29) is 12.5 Å². The summed E-state index contributed by atoms with van der Waals surface area (Å²) in [7, 11) is 4.73. The highest BCUT2D eigenvalue weighted by Crippen LogP contribution is 2.31. The standard InChI is InChI=1S/C21H23NO5/c1-22(14-16-8-5-4-6-9-16)19(23)15-27-20(24)13-12-17-10-7-11-18(25-2)21(17)26-3/h4-13H,14-15H2,1-3H3/b13-12+. The molecule has 0 unspecified atom stereocenters. The zero-order valence-electron chi connectivity index (χ0n) is 15.7. The van der Waals surface area contributed by atoms with Crippen LogP contribution in [0.1, 0.15) is 11.1 Å². The molecule has 0 bridgehead atoms. The maximum atomic E-state index is 12.1. The minimum absolute atomic E-state index is 0.278. The Hall–Kier alpha value is -3.28. The quantitative estimate of drug-likeness (QED) is 0.529. The first-order valence-electron chi connectivity index (χ1n) is 8.39. The summed E-state index contributed by atoms with van der Waals surface area (Å²) in [6, 6.07) is 14.9. The van der Waals surface area contributed by atoms with Crippen LogP contribution in [0.25, 0.3) is 6.08 Å². The van der Waals surface area contributed by atoms with Crippen molar-refractivity contribution in [1.82, 2.24) is 4.90 Å². The Morgan fingerprint density at radius 2 is 1.74 bits per heavy atom. The van der Waals surface area contributed by atoms with E-state index in [0.717, 1.165) is 5.56 Å². The number of carbonyl (C=O) groups is 2. The molecule has 0 spiro atoms. The molecule has 2 rings (SSSR count). The topological polar surface area (TPSA) is 65.1 Å². The molecule has 0 aliphatic rings. The first kappa shape index (κ1) is 20.0. The fourth-order valence-corrected chi connectivity index (χ4v) is 2.44. The van der Waals surface area contributed by atoms with E-state index in [1.807, 2.05) is 30.3 Å². The van der Waals surface area contributed by atoms with E-state index in [1.165, 1.54) is 25.2 Å². The van der Waals surface area contributed by atoms with Crippen LogP contribution in [0, 0.1) is 0 Å². The third-order valence-corrected chi connectivity index (χ3v) is 3.86. The summed E-state index contributed by atoms with van der Waals surface area (Å²) in [6.45, 7) is 0.135. The molecule has 0 atom stereocenters. The van der Waals surface area contributed by atoms with Crippen molar-refractivity contribution in [2.45, 2.75) is 6.54 Å². The molecule has 6 nitrogen and oxygen atoms in total. The first-order chi connectivity index (χ1) is 13.0. The Kier molecular flexibility index (Phi) is 7.43. The van der Waals surface area contributed by atoms with Gasteiger partial charge in [0.1, 0.15) is 0 Å². The second-order valence-corrected chi connectivity index (χ2v) is 5.76. The van der Waals surface area contributed by atoms with Gasteiger partial charge in [-0.15, -0.1) is 0 Å². The van der Waals surface area contributed by atoms with Crippen LogP contribution in [0.15, 0.2) is 54.6 Å². The molecule has 0 aliphatic carbocycles. The lowest BCUT2D eigenvalue weighted by Gasteiger charge is -2.16. The number of rotatable bonds is 8. The number of ether oxygens (including phenoxy) is 3. The zero-order valence-corrected chi connectivity index (χ0v) is 15.7. The molecule has 142 valence electrons. The van der Waals surface area contributed by atoms with Crippen molar-refractivity contribution in [3.05, 3.63) is 65.7 Å². The van der Waals surface area contributed by atoms with E-state index in [4.69, 9.17) is 14.2 Å². The molecule has 1 amide bonds. The van der Waals surface area contributed by atoms with Crippen molar-refractivity contribution in [2.75, 3.05) is 27.9 Å². The number of amides is 1. The van der Waals surface area contributed by atoms with Crippen LogP contribution in [-0.2, 0) is 20.9 Å². The van der Waals surface area contributed by atoms with Crippen molar-refractivity contribution in [3.63, 3.8) is 0 Å². The van der Waals surface area contributed by atoms with E-state index >= 15 is 0 Å². The number of esters is 1. The van der Waals surface area contributed by atoms with Gasteiger partial charge in [0.15, 0.2) is 18.1 Å². The third kappa shape index (κ3) is 5.88. The smallest absolute Gasteiger partial charge is 0.331 e. The van der Waals surface area contributed by atoms with Gasteiger partial charge in [0.2, 0.25) is 0 Å². The fourth-order valence-electron chi connectivity index (χ4n) is 2.44. The zero-order chi connectivity index (χ0) is 19.6. The summed E-state index contributed by atoms with van der Waals surface area (Å²) in [5, 5.41) is 0. The van der Waals surface area contributed by atoms with E-state index < -0.39 is 5.97 Å². The Balaban J connectivity index is 1.88. The maximum absolute atomic E-state index is 12.1. The number of nitrogens with zero attached hydrogens (tertiary/aromatic N) is 1. The molecule has 0 heterocycles. The van der Waals surface area contributed by atoms with Crippen LogP contribution in [0.5, 0.6) is 11.5 Å². The fraction of sp³-hybridized carbons (Fsp3) is 0.238. The highest BCUT2D eigenvalue weighted by Gasteiger charge is 2.12. The van der Waals surface area contributed by atoms with Crippen LogP contribution in [0.2, 0.25) is 0 Å². The summed E-state index contributed by atoms with van der Waals surface area (Å²) in [6.07, 6.45) is 2.81. The molecule has 0 N–H and O–H groups in total. The summed E-state index contributed by atoms with van der Waals surface area (Å²) in [5.74, 6) is 0.189. The van der Waals surface area contributed by atoms with Gasteiger partial charge < -0.3 is 19.1 Å². The van der Waals surface area contributed by atoms with Gasteiger partial charge in [0.05, 0.1) is 14.2 Å². The van der Waals surface area contributed by atoms with Crippen molar-refractivity contribution < 1.29 is 23.8 Å². The molecule has 0 aliphatic heterocycles. The molecule has 0 saturated heterocycles. The highest BCUT2D eigenvalue weighted by atomic mass is 16.5. The van der Waals surface area contributed by atoms with Crippen molar-refractivity contribution in [3.8, 4) is 11.5 Å². The van der Waals surface area contributed by atoms with Crippen LogP contribution < -0.4 is 9.47 Å². The predicted octanol–water partition coefficient (Wildman–Crippen LogP) is 2.92. The predicted molar refractivity (Wildman–Crippen MR) is 102 cm³/mol. The van der Waals surface area contributed by atoms with E-state index in [1.54, 1.807) is 31.3 Å². The molecule has 0 radical (unpaired) electrons. The SMILES string of the molecule is COc1cccc(/C=C/C(=O)OCC(=O)N(C)Cc2ccccc2)c1OC. The number of para-hydroxylation sites is 1. The van der Waals surface area contributed by atoms with Gasteiger partial charge >= 0.3 is 5.97 Å². The lowest BCUT2D eigenvalue weighted by Crippen LogP contribution is -2.30. The molecule has 6 heteroatoms. The number of likely N-dealkylation sites (N-methyl/N-ethyl adjacent to an activating group) is 1. The second-order valence-electron chi connectivity index (χ2n) is 5.76. The van der Waals surface area contributed by atoms with Gasteiger partial charge in [-0.3, -0.25) is 4.79 Å². The molecular formula is C21H23NO5. The van der Waals surface area contributed by atoms with E-state index in [9.17, 15) is 9.59 Å². The van der Waals surface area contributed by atoms with Gasteiger partial charge in [0, 0.05) is 25.2 Å². The number of methoxy groups -OCH3 is 2. The van der Waals surface area contributed by atoms with Crippen molar-refractivity contribution in [2.24, 2.45) is 0 Å². The third-order valence-electron chi connectivity index (χ3n) is 3.86. The van der Waals surface area contributed by atoms with Gasteiger partial charge in [-0.2, -0.15) is 0 Å². The molecule has 0 saturated carbocycles. The molecule has 0 fully saturated rings. The summed E-state index contributed by atoms with van der Waals surface area (Å²) in [4.78, 5) is 25.5. The van der Waals surface area contributed by atoms with Crippen molar-refractivity contribution >= 4 is 18.0 Å². The average molecular weight is 369 g/mol. The molecule has 2 aromatic rings. The van der Waals surface area contributed by atoms with Gasteiger partial charge in [-0.05, 0) is 17.7 Å². The van der Waals surface area contributed by atoms with Crippen LogP contribution in [0.3, 0.4) is 0 Å². The summed E-state index contributed by atoms with van der Waals surface area (Å²) in [5.41, 5.74) is 1.67.